The van der Waals surface area contributed by atoms with E-state index in [4.69, 9.17) is 9.47 Å². The average Bonchev–Trinajstić information content (AvgIpc) is 3.10. The Kier molecular flexibility index (Phi) is 6.11. The number of anilines is 1. The fourth-order valence-corrected chi connectivity index (χ4v) is 3.76. The van der Waals surface area contributed by atoms with Gasteiger partial charge in [-0.25, -0.2) is 0 Å². The third-order valence-electron chi connectivity index (χ3n) is 5.43. The van der Waals surface area contributed by atoms with Crippen molar-refractivity contribution in [2.75, 3.05) is 25.7 Å². The van der Waals surface area contributed by atoms with Gasteiger partial charge in [0.05, 0.1) is 31.9 Å². The van der Waals surface area contributed by atoms with E-state index >= 15 is 0 Å². The summed E-state index contributed by atoms with van der Waals surface area (Å²) < 4.78 is 10.6. The molecule has 1 aliphatic rings. The zero-order chi connectivity index (χ0) is 21.1. The Morgan fingerprint density at radius 2 is 1.90 bits per heavy atom. The molecule has 1 fully saturated rings. The van der Waals surface area contributed by atoms with Crippen molar-refractivity contribution in [3.05, 3.63) is 53.1 Å². The molecule has 2 unspecified atom stereocenters. The van der Waals surface area contributed by atoms with E-state index in [1.54, 1.807) is 37.3 Å². The molecule has 2 amide bonds. The Hall–Kier alpha value is -3.02. The Bertz CT molecular complexity index is 925. The molecule has 1 saturated heterocycles. The summed E-state index contributed by atoms with van der Waals surface area (Å²) in [5.41, 5.74) is 4.03. The number of ether oxygens (including phenoxy) is 2. The highest BCUT2D eigenvalue weighted by Gasteiger charge is 2.36. The molecule has 2 atom stereocenters. The summed E-state index contributed by atoms with van der Waals surface area (Å²) in [6.45, 7) is 6.37. The highest BCUT2D eigenvalue weighted by atomic mass is 16.5. The largest absolute Gasteiger partial charge is 0.497 e. The molecule has 154 valence electrons. The van der Waals surface area contributed by atoms with Crippen LogP contribution in [0.5, 0.6) is 11.5 Å². The summed E-state index contributed by atoms with van der Waals surface area (Å²) in [4.78, 5) is 27.1. The fourth-order valence-electron chi connectivity index (χ4n) is 3.76. The van der Waals surface area contributed by atoms with E-state index in [2.05, 4.69) is 23.5 Å². The standard InChI is InChI=1S/C23H28N2O4/c1-14-6-7-15(2)19(10-14)16(3)24-23(27)17-11-22(26)25(13-17)20-9-8-18(28-4)12-21(20)29-5/h6-10,12,16-17H,11,13H2,1-5H3,(H,24,27). The lowest BCUT2D eigenvalue weighted by Crippen LogP contribution is -2.34. The van der Waals surface area contributed by atoms with Crippen LogP contribution >= 0.6 is 0 Å². The van der Waals surface area contributed by atoms with Gasteiger partial charge in [-0.3, -0.25) is 9.59 Å². The van der Waals surface area contributed by atoms with Crippen molar-refractivity contribution in [2.45, 2.75) is 33.2 Å². The van der Waals surface area contributed by atoms with Crippen molar-refractivity contribution in [1.29, 1.82) is 0 Å². The number of rotatable bonds is 6. The summed E-state index contributed by atoms with van der Waals surface area (Å²) in [6, 6.07) is 11.4. The summed E-state index contributed by atoms with van der Waals surface area (Å²) in [6.07, 6.45) is 0.181. The van der Waals surface area contributed by atoms with Crippen molar-refractivity contribution in [3.8, 4) is 11.5 Å². The summed E-state index contributed by atoms with van der Waals surface area (Å²) in [5.74, 6) is 0.591. The predicted molar refractivity (Wildman–Crippen MR) is 112 cm³/mol. The molecular weight excluding hydrogens is 368 g/mol. The molecule has 0 aliphatic carbocycles. The maximum Gasteiger partial charge on any atom is 0.227 e. The quantitative estimate of drug-likeness (QED) is 0.811. The van der Waals surface area contributed by atoms with Crippen LogP contribution in [-0.2, 0) is 9.59 Å². The number of hydrogen-bond donors (Lipinski definition) is 1. The van der Waals surface area contributed by atoms with Crippen LogP contribution in [0.15, 0.2) is 36.4 Å². The van der Waals surface area contributed by atoms with Crippen LogP contribution in [0.4, 0.5) is 5.69 Å². The van der Waals surface area contributed by atoms with Gasteiger partial charge in [0.2, 0.25) is 11.8 Å². The van der Waals surface area contributed by atoms with Crippen molar-refractivity contribution >= 4 is 17.5 Å². The lowest BCUT2D eigenvalue weighted by molar-refractivity contribution is -0.126. The van der Waals surface area contributed by atoms with Gasteiger partial charge in [-0.05, 0) is 44.0 Å². The number of nitrogens with one attached hydrogen (secondary N) is 1. The molecule has 0 bridgehead atoms. The average molecular weight is 396 g/mol. The summed E-state index contributed by atoms with van der Waals surface area (Å²) >= 11 is 0. The Labute approximate surface area is 171 Å². The molecule has 2 aromatic carbocycles. The Morgan fingerprint density at radius 3 is 2.59 bits per heavy atom. The number of amides is 2. The van der Waals surface area contributed by atoms with Crippen molar-refractivity contribution < 1.29 is 19.1 Å². The van der Waals surface area contributed by atoms with Gasteiger partial charge in [-0.2, -0.15) is 0 Å². The van der Waals surface area contributed by atoms with Crippen LogP contribution in [0.3, 0.4) is 0 Å². The molecule has 1 heterocycles. The number of hydrogen-bond acceptors (Lipinski definition) is 4. The molecule has 2 aromatic rings. The number of carbonyl (C=O) groups is 2. The molecule has 0 radical (unpaired) electrons. The van der Waals surface area contributed by atoms with E-state index in [0.29, 0.717) is 23.7 Å². The van der Waals surface area contributed by atoms with Crippen LogP contribution in [-0.4, -0.2) is 32.6 Å². The van der Waals surface area contributed by atoms with Gasteiger partial charge in [-0.15, -0.1) is 0 Å². The molecule has 6 heteroatoms. The maximum atomic E-state index is 12.9. The minimum atomic E-state index is -0.401. The lowest BCUT2D eigenvalue weighted by atomic mass is 9.99. The third kappa shape index (κ3) is 4.36. The Balaban J connectivity index is 1.73. The predicted octanol–water partition coefficient (Wildman–Crippen LogP) is 3.55. The molecule has 0 saturated carbocycles. The van der Waals surface area contributed by atoms with Crippen molar-refractivity contribution in [1.82, 2.24) is 5.32 Å². The minimum absolute atomic E-state index is 0.0898. The van der Waals surface area contributed by atoms with Crippen LogP contribution in [0.25, 0.3) is 0 Å². The van der Waals surface area contributed by atoms with Crippen LogP contribution < -0.4 is 19.7 Å². The SMILES string of the molecule is COc1ccc(N2CC(C(=O)NC(C)c3cc(C)ccc3C)CC2=O)c(OC)c1. The highest BCUT2D eigenvalue weighted by Crippen LogP contribution is 2.36. The van der Waals surface area contributed by atoms with E-state index in [1.807, 2.05) is 20.8 Å². The fraction of sp³-hybridized carbons (Fsp3) is 0.391. The smallest absolute Gasteiger partial charge is 0.227 e. The van der Waals surface area contributed by atoms with Gasteiger partial charge >= 0.3 is 0 Å². The van der Waals surface area contributed by atoms with Gasteiger partial charge in [0.15, 0.2) is 0 Å². The molecule has 1 aliphatic heterocycles. The van der Waals surface area contributed by atoms with Gasteiger partial charge in [0.1, 0.15) is 11.5 Å². The second kappa shape index (κ2) is 8.55. The van der Waals surface area contributed by atoms with Gasteiger partial charge in [0, 0.05) is 19.0 Å². The first-order chi connectivity index (χ1) is 13.8. The molecular formula is C23H28N2O4. The van der Waals surface area contributed by atoms with Crippen molar-refractivity contribution in [2.24, 2.45) is 5.92 Å². The monoisotopic (exact) mass is 396 g/mol. The zero-order valence-electron chi connectivity index (χ0n) is 17.6. The topological polar surface area (TPSA) is 67.9 Å². The summed E-state index contributed by atoms with van der Waals surface area (Å²) in [7, 11) is 3.13. The van der Waals surface area contributed by atoms with Gasteiger partial charge in [-0.1, -0.05) is 23.8 Å². The lowest BCUT2D eigenvalue weighted by Gasteiger charge is -2.21. The number of carbonyl (C=O) groups excluding carboxylic acids is 2. The first kappa shape index (κ1) is 20.7. The van der Waals surface area contributed by atoms with E-state index in [1.165, 1.54) is 0 Å². The molecule has 1 N–H and O–H groups in total. The minimum Gasteiger partial charge on any atom is -0.497 e. The number of methoxy groups -OCH3 is 2. The second-order valence-electron chi connectivity index (χ2n) is 7.53. The van der Waals surface area contributed by atoms with Crippen LogP contribution in [0.1, 0.15) is 36.1 Å². The maximum absolute atomic E-state index is 12.9. The normalized spacial score (nSPS) is 17.2. The third-order valence-corrected chi connectivity index (χ3v) is 5.43. The Morgan fingerprint density at radius 1 is 1.14 bits per heavy atom. The molecule has 29 heavy (non-hydrogen) atoms. The first-order valence-electron chi connectivity index (χ1n) is 9.74. The molecule has 0 aromatic heterocycles. The number of nitrogens with zero attached hydrogens (tertiary/aromatic N) is 1. The number of aryl methyl sites for hydroxylation is 2. The second-order valence-corrected chi connectivity index (χ2v) is 7.53. The van der Waals surface area contributed by atoms with Gasteiger partial charge in [0.25, 0.3) is 0 Å². The highest BCUT2D eigenvalue weighted by molar-refractivity contribution is 6.01. The molecule has 3 rings (SSSR count). The molecule has 0 spiro atoms. The van der Waals surface area contributed by atoms with Gasteiger partial charge < -0.3 is 19.7 Å². The zero-order valence-corrected chi connectivity index (χ0v) is 17.6. The van der Waals surface area contributed by atoms with E-state index < -0.39 is 5.92 Å². The van der Waals surface area contributed by atoms with Crippen molar-refractivity contribution in [3.63, 3.8) is 0 Å². The van der Waals surface area contributed by atoms with Crippen LogP contribution in [0, 0.1) is 19.8 Å². The van der Waals surface area contributed by atoms with E-state index in [-0.39, 0.29) is 24.3 Å². The first-order valence-corrected chi connectivity index (χ1v) is 9.74. The molecule has 6 nitrogen and oxygen atoms in total. The van der Waals surface area contributed by atoms with Crippen LogP contribution in [0.2, 0.25) is 0 Å². The van der Waals surface area contributed by atoms with E-state index in [9.17, 15) is 9.59 Å². The van der Waals surface area contributed by atoms with E-state index in [0.717, 1.165) is 16.7 Å². The summed E-state index contributed by atoms with van der Waals surface area (Å²) in [5, 5.41) is 3.08. The number of benzene rings is 2.